The third kappa shape index (κ3) is 5.46. The first-order valence-electron chi connectivity index (χ1n) is 11.0. The number of hydrogen-bond acceptors (Lipinski definition) is 7. The average Bonchev–Trinajstić information content (AvgIpc) is 2.82. The van der Waals surface area contributed by atoms with E-state index in [0.717, 1.165) is 21.3 Å². The quantitative estimate of drug-likeness (QED) is 0.467. The van der Waals surface area contributed by atoms with Crippen LogP contribution >= 0.6 is 0 Å². The topological polar surface area (TPSA) is 111 Å². The van der Waals surface area contributed by atoms with Crippen molar-refractivity contribution < 1.29 is 24.1 Å². The van der Waals surface area contributed by atoms with Gasteiger partial charge in [-0.05, 0) is 73.7 Å². The number of aromatic nitrogens is 1. The number of hydrogen-bond donors (Lipinski definition) is 1. The monoisotopic (exact) mass is 476 g/mol. The number of rotatable bonds is 9. The van der Waals surface area contributed by atoms with Crippen LogP contribution in [0.1, 0.15) is 38.2 Å². The van der Waals surface area contributed by atoms with E-state index in [4.69, 9.17) is 14.2 Å². The largest absolute Gasteiger partial charge is 0.494 e. The molecule has 0 aliphatic rings. The van der Waals surface area contributed by atoms with Gasteiger partial charge in [-0.3, -0.25) is 14.2 Å². The number of carbonyl (C=O) groups is 1. The fourth-order valence-electron chi connectivity index (χ4n) is 4.01. The Hall–Kier alpha value is -4.25. The molecule has 1 N–H and O–H groups in total. The second-order valence-electron chi connectivity index (χ2n) is 8.24. The summed E-state index contributed by atoms with van der Waals surface area (Å²) in [6.07, 6.45) is 0.342. The summed E-state index contributed by atoms with van der Waals surface area (Å²) in [6, 6.07) is 12.8. The third-order valence-corrected chi connectivity index (χ3v) is 5.72. The average molecular weight is 477 g/mol. The van der Waals surface area contributed by atoms with E-state index < -0.39 is 17.2 Å². The molecule has 0 aliphatic heterocycles. The van der Waals surface area contributed by atoms with Crippen molar-refractivity contribution in [3.63, 3.8) is 0 Å². The predicted octanol–water partition coefficient (Wildman–Crippen LogP) is 3.87. The van der Waals surface area contributed by atoms with E-state index in [1.807, 2.05) is 32.0 Å². The normalized spacial score (nSPS) is 10.5. The van der Waals surface area contributed by atoms with Gasteiger partial charge in [0, 0.05) is 6.54 Å². The zero-order valence-electron chi connectivity index (χ0n) is 20.5. The lowest BCUT2D eigenvalue weighted by atomic mass is 10.0. The smallest absolute Gasteiger partial charge is 0.271 e. The van der Waals surface area contributed by atoms with E-state index in [-0.39, 0.29) is 29.8 Å². The minimum absolute atomic E-state index is 0.0489. The highest BCUT2D eigenvalue weighted by Crippen LogP contribution is 2.28. The van der Waals surface area contributed by atoms with Gasteiger partial charge in [0.05, 0.1) is 19.8 Å². The van der Waals surface area contributed by atoms with Crippen LogP contribution in [0, 0.1) is 32.1 Å². The minimum Gasteiger partial charge on any atom is -0.494 e. The summed E-state index contributed by atoms with van der Waals surface area (Å²) in [5.41, 5.74) is 1.98. The van der Waals surface area contributed by atoms with E-state index >= 15 is 0 Å². The van der Waals surface area contributed by atoms with Gasteiger partial charge in [0.1, 0.15) is 17.4 Å². The minimum atomic E-state index is -0.658. The number of aryl methyl sites for hydroxylation is 3. The fourth-order valence-corrected chi connectivity index (χ4v) is 4.01. The van der Waals surface area contributed by atoms with Gasteiger partial charge in [0.2, 0.25) is 11.7 Å². The molecule has 0 bridgehead atoms. The first-order chi connectivity index (χ1) is 16.7. The van der Waals surface area contributed by atoms with Crippen LogP contribution in [0.4, 0.5) is 0 Å². The van der Waals surface area contributed by atoms with Gasteiger partial charge in [0.15, 0.2) is 18.1 Å². The van der Waals surface area contributed by atoms with Gasteiger partial charge in [-0.1, -0.05) is 12.1 Å². The van der Waals surface area contributed by atoms with Crippen molar-refractivity contribution in [2.75, 3.05) is 20.8 Å². The Bertz CT molecular complexity index is 1350. The number of aromatic hydroxyl groups is 1. The van der Waals surface area contributed by atoms with Crippen molar-refractivity contribution in [1.29, 1.82) is 5.26 Å². The number of nitriles is 1. The number of nitrogens with zero attached hydrogens (tertiary/aromatic N) is 2. The van der Waals surface area contributed by atoms with E-state index in [0.29, 0.717) is 23.7 Å². The Morgan fingerprint density at radius 1 is 1.03 bits per heavy atom. The highest BCUT2D eigenvalue weighted by Gasteiger charge is 2.24. The summed E-state index contributed by atoms with van der Waals surface area (Å²) in [4.78, 5) is 26.0. The van der Waals surface area contributed by atoms with Gasteiger partial charge in [-0.25, -0.2) is 0 Å². The van der Waals surface area contributed by atoms with Crippen LogP contribution in [0.2, 0.25) is 0 Å². The maximum Gasteiger partial charge on any atom is 0.271 e. The van der Waals surface area contributed by atoms with Crippen LogP contribution in [0.5, 0.6) is 23.1 Å². The highest BCUT2D eigenvalue weighted by molar-refractivity contribution is 6.01. The van der Waals surface area contributed by atoms with Crippen LogP contribution in [0.15, 0.2) is 41.2 Å². The van der Waals surface area contributed by atoms with Crippen molar-refractivity contribution in [3.8, 4) is 29.2 Å². The van der Waals surface area contributed by atoms with Crippen LogP contribution in [-0.2, 0) is 13.0 Å². The van der Waals surface area contributed by atoms with Gasteiger partial charge in [-0.2, -0.15) is 5.26 Å². The molecule has 0 aliphatic carbocycles. The SMILES string of the molecule is COc1ccc(CCn2c(O)c(C(=O)COc3cc(C)cc(C)c3)c(C)c(C#N)c2=O)cc1OC. The van der Waals surface area contributed by atoms with E-state index in [1.54, 1.807) is 24.3 Å². The Balaban J connectivity index is 1.91. The molecule has 8 nitrogen and oxygen atoms in total. The molecule has 0 fully saturated rings. The van der Waals surface area contributed by atoms with Crippen LogP contribution in [-0.4, -0.2) is 36.3 Å². The number of Topliss-reactive ketones (excluding diaryl/α,β-unsaturated/α-hetero) is 1. The molecule has 0 saturated heterocycles. The van der Waals surface area contributed by atoms with Crippen molar-refractivity contribution in [1.82, 2.24) is 4.57 Å². The number of pyridine rings is 1. The zero-order chi connectivity index (χ0) is 25.7. The molecule has 0 unspecified atom stereocenters. The molecule has 8 heteroatoms. The van der Waals surface area contributed by atoms with Crippen molar-refractivity contribution in [2.45, 2.75) is 33.7 Å². The Morgan fingerprint density at radius 2 is 1.69 bits per heavy atom. The van der Waals surface area contributed by atoms with Crippen LogP contribution < -0.4 is 19.8 Å². The molecule has 0 amide bonds. The summed E-state index contributed by atoms with van der Waals surface area (Å²) >= 11 is 0. The summed E-state index contributed by atoms with van der Waals surface area (Å²) in [7, 11) is 3.06. The standard InChI is InChI=1S/C27H28N2O6/c1-16-10-17(2)12-20(11-16)35-15-22(30)25-18(3)21(14-28)26(31)29(27(25)32)9-8-19-6-7-23(33-4)24(13-19)34-5/h6-7,10-13,32H,8-9,15H2,1-5H3. The molecule has 3 rings (SSSR count). The molecule has 0 spiro atoms. The lowest BCUT2D eigenvalue weighted by molar-refractivity contribution is 0.0916. The van der Waals surface area contributed by atoms with Crippen molar-refractivity contribution in [2.24, 2.45) is 0 Å². The molecule has 1 heterocycles. The Kier molecular flexibility index (Phi) is 7.82. The van der Waals surface area contributed by atoms with Gasteiger partial charge in [-0.15, -0.1) is 0 Å². The predicted molar refractivity (Wildman–Crippen MR) is 131 cm³/mol. The zero-order valence-corrected chi connectivity index (χ0v) is 20.5. The van der Waals surface area contributed by atoms with E-state index in [9.17, 15) is 20.0 Å². The van der Waals surface area contributed by atoms with Gasteiger partial charge in [0.25, 0.3) is 5.56 Å². The van der Waals surface area contributed by atoms with E-state index in [1.165, 1.54) is 21.1 Å². The number of carbonyl (C=O) groups excluding carboxylic acids is 1. The molecule has 3 aromatic rings. The first-order valence-corrected chi connectivity index (χ1v) is 11.0. The molecule has 182 valence electrons. The number of methoxy groups -OCH3 is 2. The third-order valence-electron chi connectivity index (χ3n) is 5.72. The molecular formula is C27H28N2O6. The Morgan fingerprint density at radius 3 is 2.29 bits per heavy atom. The second-order valence-corrected chi connectivity index (χ2v) is 8.24. The summed E-state index contributed by atoms with van der Waals surface area (Å²) in [6.45, 7) is 5.02. The highest BCUT2D eigenvalue weighted by atomic mass is 16.5. The molecular weight excluding hydrogens is 448 g/mol. The summed E-state index contributed by atoms with van der Waals surface area (Å²) < 4.78 is 17.3. The molecule has 2 aromatic carbocycles. The molecule has 0 saturated carbocycles. The van der Waals surface area contributed by atoms with Crippen molar-refractivity contribution in [3.05, 3.63) is 80.1 Å². The lowest BCUT2D eigenvalue weighted by Crippen LogP contribution is -2.28. The van der Waals surface area contributed by atoms with Crippen LogP contribution in [0.3, 0.4) is 0 Å². The maximum atomic E-state index is 13.0. The molecule has 0 atom stereocenters. The molecule has 1 aromatic heterocycles. The lowest BCUT2D eigenvalue weighted by Gasteiger charge is -2.16. The van der Waals surface area contributed by atoms with Gasteiger partial charge >= 0.3 is 0 Å². The Labute approximate surface area is 203 Å². The molecule has 0 radical (unpaired) electrons. The summed E-state index contributed by atoms with van der Waals surface area (Å²) in [5, 5.41) is 20.5. The van der Waals surface area contributed by atoms with Crippen molar-refractivity contribution >= 4 is 5.78 Å². The summed E-state index contributed by atoms with van der Waals surface area (Å²) in [5.74, 6) is 0.601. The van der Waals surface area contributed by atoms with Gasteiger partial charge < -0.3 is 19.3 Å². The number of ketones is 1. The van der Waals surface area contributed by atoms with Crippen LogP contribution in [0.25, 0.3) is 0 Å². The second kappa shape index (κ2) is 10.8. The maximum absolute atomic E-state index is 13.0. The number of ether oxygens (including phenoxy) is 3. The fraction of sp³-hybridized carbons (Fsp3) is 0.296. The molecule has 35 heavy (non-hydrogen) atoms. The van der Waals surface area contributed by atoms with E-state index in [2.05, 4.69) is 0 Å². The first kappa shape index (κ1) is 25.4. The number of benzene rings is 2.